The van der Waals surface area contributed by atoms with Crippen LogP contribution in [0.25, 0.3) is 0 Å². The zero-order valence-electron chi connectivity index (χ0n) is 20.1. The molecular weight excluding hydrogens is 382 g/mol. The molecule has 0 spiro atoms. The van der Waals surface area contributed by atoms with Crippen molar-refractivity contribution in [2.75, 3.05) is 27.2 Å². The average Bonchev–Trinajstić information content (AvgIpc) is 2.68. The maximum Gasteiger partial charge on any atom is 0.333 e. The highest BCUT2D eigenvalue weighted by Crippen LogP contribution is 2.24. The van der Waals surface area contributed by atoms with Crippen LogP contribution in [0.3, 0.4) is 0 Å². The van der Waals surface area contributed by atoms with Gasteiger partial charge in [-0.3, -0.25) is 14.5 Å². The number of ether oxygens (including phenoxy) is 1. The van der Waals surface area contributed by atoms with Crippen molar-refractivity contribution < 1.29 is 19.1 Å². The van der Waals surface area contributed by atoms with Crippen LogP contribution in [0.1, 0.15) is 67.2 Å². The Morgan fingerprint density at radius 1 is 1.23 bits per heavy atom. The number of piperidine rings is 1. The molecule has 1 N–H and O–H groups in total. The van der Waals surface area contributed by atoms with Crippen LogP contribution in [-0.4, -0.2) is 73.0 Å². The first-order chi connectivity index (χ1) is 13.9. The first kappa shape index (κ1) is 26.1. The quantitative estimate of drug-likeness (QED) is 0.480. The zero-order valence-corrected chi connectivity index (χ0v) is 20.1. The highest BCUT2D eigenvalue weighted by molar-refractivity contribution is 5.91. The fraction of sp³-hybridized carbons (Fsp3) is 0.783. The second-order valence-electron chi connectivity index (χ2n) is 9.29. The van der Waals surface area contributed by atoms with Gasteiger partial charge >= 0.3 is 5.97 Å². The summed E-state index contributed by atoms with van der Waals surface area (Å²) >= 11 is 0. The minimum atomic E-state index is -0.657. The summed E-state index contributed by atoms with van der Waals surface area (Å²) in [5.74, 6) is -0.628. The van der Waals surface area contributed by atoms with Crippen molar-refractivity contribution in [3.05, 3.63) is 11.6 Å². The number of carbonyl (C=O) groups is 3. The molecule has 1 fully saturated rings. The van der Waals surface area contributed by atoms with Gasteiger partial charge in [-0.05, 0) is 52.1 Å². The lowest BCUT2D eigenvalue weighted by Gasteiger charge is -2.38. The van der Waals surface area contributed by atoms with Crippen molar-refractivity contribution in [2.24, 2.45) is 5.41 Å². The number of amides is 2. The van der Waals surface area contributed by atoms with Crippen molar-refractivity contribution in [1.82, 2.24) is 15.1 Å². The molecule has 0 radical (unpaired) electrons. The molecule has 0 bridgehead atoms. The van der Waals surface area contributed by atoms with Gasteiger partial charge in [0.25, 0.3) is 0 Å². The van der Waals surface area contributed by atoms with Gasteiger partial charge < -0.3 is 15.0 Å². The molecule has 0 saturated carbocycles. The topological polar surface area (TPSA) is 79.0 Å². The maximum absolute atomic E-state index is 13.4. The Labute approximate surface area is 182 Å². The molecular formula is C23H41N3O4. The van der Waals surface area contributed by atoms with Gasteiger partial charge in [0.2, 0.25) is 11.8 Å². The average molecular weight is 424 g/mol. The van der Waals surface area contributed by atoms with E-state index in [1.165, 1.54) is 0 Å². The fourth-order valence-corrected chi connectivity index (χ4v) is 3.77. The van der Waals surface area contributed by atoms with Crippen molar-refractivity contribution in [1.29, 1.82) is 0 Å². The monoisotopic (exact) mass is 423 g/mol. The lowest BCUT2D eigenvalue weighted by atomic mass is 9.85. The van der Waals surface area contributed by atoms with Crippen LogP contribution >= 0.6 is 0 Å². The largest absolute Gasteiger partial charge is 0.463 e. The van der Waals surface area contributed by atoms with Crippen molar-refractivity contribution >= 4 is 17.8 Å². The second-order valence-corrected chi connectivity index (χ2v) is 9.29. The Bertz CT molecular complexity index is 639. The molecule has 2 amide bonds. The molecule has 0 aromatic heterocycles. The summed E-state index contributed by atoms with van der Waals surface area (Å²) < 4.78 is 5.05. The molecule has 30 heavy (non-hydrogen) atoms. The molecule has 7 nitrogen and oxygen atoms in total. The van der Waals surface area contributed by atoms with Crippen LogP contribution in [0.2, 0.25) is 0 Å². The third-order valence-electron chi connectivity index (χ3n) is 5.78. The number of rotatable bonds is 8. The third-order valence-corrected chi connectivity index (χ3v) is 5.78. The number of hydrogen-bond donors (Lipinski definition) is 1. The zero-order chi connectivity index (χ0) is 23.1. The molecule has 3 unspecified atom stereocenters. The normalized spacial score (nSPS) is 20.3. The molecule has 172 valence electrons. The van der Waals surface area contributed by atoms with E-state index < -0.39 is 11.5 Å². The van der Waals surface area contributed by atoms with E-state index in [-0.39, 0.29) is 29.9 Å². The Hall–Kier alpha value is -1.89. The number of likely N-dealkylation sites (N-methyl/N-ethyl adjacent to an activating group) is 2. The molecule has 1 rings (SSSR count). The van der Waals surface area contributed by atoms with Crippen LogP contribution in [0, 0.1) is 5.41 Å². The fourth-order valence-electron chi connectivity index (χ4n) is 3.77. The summed E-state index contributed by atoms with van der Waals surface area (Å²) in [5, 5.41) is 3.03. The van der Waals surface area contributed by atoms with Gasteiger partial charge in [-0.1, -0.05) is 40.2 Å². The van der Waals surface area contributed by atoms with Crippen LogP contribution in [0.5, 0.6) is 0 Å². The first-order valence-corrected chi connectivity index (χ1v) is 11.1. The Morgan fingerprint density at radius 3 is 2.37 bits per heavy atom. The van der Waals surface area contributed by atoms with Gasteiger partial charge in [0.1, 0.15) is 6.04 Å². The molecule has 7 heteroatoms. The molecule has 1 saturated heterocycles. The van der Waals surface area contributed by atoms with E-state index in [0.717, 1.165) is 25.8 Å². The van der Waals surface area contributed by atoms with Crippen LogP contribution in [0.4, 0.5) is 0 Å². The summed E-state index contributed by atoms with van der Waals surface area (Å²) in [6.45, 7) is 12.5. The minimum Gasteiger partial charge on any atom is -0.463 e. The smallest absolute Gasteiger partial charge is 0.333 e. The Kier molecular flexibility index (Phi) is 10.0. The maximum atomic E-state index is 13.4. The van der Waals surface area contributed by atoms with Gasteiger partial charge in [0.05, 0.1) is 18.7 Å². The highest BCUT2D eigenvalue weighted by atomic mass is 16.5. The van der Waals surface area contributed by atoms with E-state index in [1.54, 1.807) is 31.9 Å². The van der Waals surface area contributed by atoms with Gasteiger partial charge in [-0.15, -0.1) is 0 Å². The number of esters is 1. The minimum absolute atomic E-state index is 0.0924. The molecule has 1 heterocycles. The Balaban J connectivity index is 3.02. The summed E-state index contributed by atoms with van der Waals surface area (Å²) in [6, 6.07) is -1.12. The summed E-state index contributed by atoms with van der Waals surface area (Å²) in [4.78, 5) is 42.1. The SMILES string of the molecule is CCOC(=O)/C(C)=C/C(CC)N(C)C(=O)C(NC(=O)C1CCCCN1C)C(C)(C)C. The molecule has 0 aliphatic carbocycles. The van der Waals surface area contributed by atoms with E-state index in [9.17, 15) is 14.4 Å². The highest BCUT2D eigenvalue weighted by Gasteiger charge is 2.38. The van der Waals surface area contributed by atoms with Crippen LogP contribution < -0.4 is 5.32 Å². The predicted molar refractivity (Wildman–Crippen MR) is 119 cm³/mol. The van der Waals surface area contributed by atoms with E-state index in [4.69, 9.17) is 4.74 Å². The third kappa shape index (κ3) is 7.11. The van der Waals surface area contributed by atoms with Gasteiger partial charge in [-0.2, -0.15) is 0 Å². The summed E-state index contributed by atoms with van der Waals surface area (Å²) in [5.41, 5.74) is 0.0235. The Morgan fingerprint density at radius 2 is 1.87 bits per heavy atom. The van der Waals surface area contributed by atoms with Crippen molar-refractivity contribution in [3.8, 4) is 0 Å². The number of hydrogen-bond acceptors (Lipinski definition) is 5. The standard InChI is InChI=1S/C23H41N3O4/c1-9-17(15-16(3)22(29)30-10-2)26(8)21(28)19(23(4,5)6)24-20(27)18-13-11-12-14-25(18)7/h15,17-19H,9-14H2,1-8H3,(H,24,27)/b16-15+. The van der Waals surface area contributed by atoms with Crippen LogP contribution in [-0.2, 0) is 19.1 Å². The lowest BCUT2D eigenvalue weighted by molar-refractivity contribution is -0.141. The molecule has 0 aromatic carbocycles. The first-order valence-electron chi connectivity index (χ1n) is 11.1. The van der Waals surface area contributed by atoms with Gasteiger partial charge in [0, 0.05) is 12.6 Å². The number of carbonyl (C=O) groups excluding carboxylic acids is 3. The van der Waals surface area contributed by atoms with E-state index in [0.29, 0.717) is 18.6 Å². The lowest BCUT2D eigenvalue weighted by Crippen LogP contribution is -2.59. The number of nitrogens with one attached hydrogen (secondary N) is 1. The van der Waals surface area contributed by atoms with Gasteiger partial charge in [-0.25, -0.2) is 4.79 Å². The van der Waals surface area contributed by atoms with Crippen LogP contribution in [0.15, 0.2) is 11.6 Å². The van der Waals surface area contributed by atoms with Crippen molar-refractivity contribution in [2.45, 2.75) is 85.4 Å². The predicted octanol–water partition coefficient (Wildman–Crippen LogP) is 2.75. The summed E-state index contributed by atoms with van der Waals surface area (Å²) in [7, 11) is 3.68. The van der Waals surface area contributed by atoms with Crippen molar-refractivity contribution in [3.63, 3.8) is 0 Å². The second kappa shape index (κ2) is 11.5. The number of nitrogens with zero attached hydrogens (tertiary/aromatic N) is 2. The molecule has 1 aliphatic rings. The molecule has 3 atom stereocenters. The number of likely N-dealkylation sites (tertiary alicyclic amines) is 1. The summed E-state index contributed by atoms with van der Waals surface area (Å²) in [6.07, 6.45) is 5.34. The van der Waals surface area contributed by atoms with Gasteiger partial charge in [0.15, 0.2) is 0 Å². The molecule has 1 aliphatic heterocycles. The molecule has 0 aromatic rings. The van der Waals surface area contributed by atoms with E-state index in [1.807, 2.05) is 34.7 Å². The van der Waals surface area contributed by atoms with E-state index >= 15 is 0 Å². The van der Waals surface area contributed by atoms with E-state index in [2.05, 4.69) is 10.2 Å².